The summed E-state index contributed by atoms with van der Waals surface area (Å²) in [5, 5.41) is 0.964. The molecule has 2 rings (SSSR count). The van der Waals surface area contributed by atoms with Crippen LogP contribution in [0.3, 0.4) is 0 Å². The summed E-state index contributed by atoms with van der Waals surface area (Å²) in [5.74, 6) is 0.611. The molecule has 0 saturated carbocycles. The van der Waals surface area contributed by atoms with Crippen LogP contribution in [0.2, 0.25) is 0 Å². The number of benzene rings is 1. The number of rotatable bonds is 3. The maximum absolute atomic E-state index is 12.6. The average Bonchev–Trinajstić information content (AvgIpc) is 2.38. The van der Waals surface area contributed by atoms with Crippen LogP contribution in [-0.2, 0) is 12.7 Å². The van der Waals surface area contributed by atoms with Gasteiger partial charge in [0.15, 0.2) is 0 Å². The molecule has 0 bridgehead atoms. The first-order valence-electron chi connectivity index (χ1n) is 6.43. The second kappa shape index (κ2) is 6.27. The number of nitrogens with zero attached hydrogens (tertiary/aromatic N) is 1. The summed E-state index contributed by atoms with van der Waals surface area (Å²) in [5.41, 5.74) is 0.184. The van der Waals surface area contributed by atoms with Crippen molar-refractivity contribution < 1.29 is 13.2 Å². The lowest BCUT2D eigenvalue weighted by Crippen LogP contribution is -2.35. The van der Waals surface area contributed by atoms with Gasteiger partial charge in [-0.3, -0.25) is 4.90 Å². The summed E-state index contributed by atoms with van der Waals surface area (Å²) < 4.78 is 37.9. The number of alkyl halides is 4. The number of hydrogen-bond donors (Lipinski definition) is 0. The summed E-state index contributed by atoms with van der Waals surface area (Å²) in [6, 6.07) is 5.65. The molecule has 0 radical (unpaired) electrons. The van der Waals surface area contributed by atoms with Gasteiger partial charge in [-0.05, 0) is 36.9 Å². The molecule has 0 aromatic heterocycles. The Morgan fingerprint density at radius 1 is 1.32 bits per heavy atom. The van der Waals surface area contributed by atoms with E-state index in [9.17, 15) is 13.2 Å². The van der Waals surface area contributed by atoms with Gasteiger partial charge in [0.1, 0.15) is 0 Å². The molecule has 1 nitrogen and oxygen atoms in total. The van der Waals surface area contributed by atoms with E-state index in [1.54, 1.807) is 6.07 Å². The standard InChI is InChI=1S/C14H17BrF3N/c15-8-12-4-2-6-19(10-12)9-11-3-1-5-13(7-11)14(16,17)18/h1,3,5,7,12H,2,4,6,8-10H2. The third-order valence-corrected chi connectivity index (χ3v) is 4.40. The topological polar surface area (TPSA) is 3.24 Å². The number of halogens is 4. The first-order chi connectivity index (χ1) is 8.99. The fourth-order valence-electron chi connectivity index (χ4n) is 2.53. The van der Waals surface area contributed by atoms with E-state index in [4.69, 9.17) is 0 Å². The molecule has 19 heavy (non-hydrogen) atoms. The third-order valence-electron chi connectivity index (χ3n) is 3.48. The van der Waals surface area contributed by atoms with Crippen molar-refractivity contribution in [1.29, 1.82) is 0 Å². The van der Waals surface area contributed by atoms with Gasteiger partial charge in [-0.25, -0.2) is 0 Å². The smallest absolute Gasteiger partial charge is 0.299 e. The molecular weight excluding hydrogens is 319 g/mol. The van der Waals surface area contributed by atoms with Crippen LogP contribution in [0.15, 0.2) is 24.3 Å². The molecule has 0 spiro atoms. The molecule has 1 atom stereocenters. The molecular formula is C14H17BrF3N. The van der Waals surface area contributed by atoms with Crippen molar-refractivity contribution in [2.45, 2.75) is 25.6 Å². The Morgan fingerprint density at radius 2 is 2.11 bits per heavy atom. The van der Waals surface area contributed by atoms with Crippen LogP contribution in [0.1, 0.15) is 24.0 Å². The summed E-state index contributed by atoms with van der Waals surface area (Å²) >= 11 is 3.49. The van der Waals surface area contributed by atoms with Gasteiger partial charge in [0, 0.05) is 18.4 Å². The normalized spacial score (nSPS) is 21.6. The number of likely N-dealkylation sites (tertiary alicyclic amines) is 1. The van der Waals surface area contributed by atoms with Crippen LogP contribution in [0.25, 0.3) is 0 Å². The molecule has 1 unspecified atom stereocenters. The zero-order chi connectivity index (χ0) is 13.9. The molecule has 1 heterocycles. The lowest BCUT2D eigenvalue weighted by Gasteiger charge is -2.32. The highest BCUT2D eigenvalue weighted by molar-refractivity contribution is 9.09. The van der Waals surface area contributed by atoms with E-state index < -0.39 is 11.7 Å². The van der Waals surface area contributed by atoms with Crippen LogP contribution < -0.4 is 0 Å². The van der Waals surface area contributed by atoms with Crippen molar-refractivity contribution in [2.75, 3.05) is 18.4 Å². The molecule has 1 saturated heterocycles. The quantitative estimate of drug-likeness (QED) is 0.744. The van der Waals surface area contributed by atoms with Gasteiger partial charge in [0.25, 0.3) is 0 Å². The molecule has 0 aliphatic carbocycles. The van der Waals surface area contributed by atoms with Crippen LogP contribution in [0, 0.1) is 5.92 Å². The Bertz CT molecular complexity index is 419. The minimum atomic E-state index is -4.25. The summed E-state index contributed by atoms with van der Waals surface area (Å²) in [4.78, 5) is 2.24. The largest absolute Gasteiger partial charge is 0.416 e. The highest BCUT2D eigenvalue weighted by Gasteiger charge is 2.30. The van der Waals surface area contributed by atoms with Gasteiger partial charge >= 0.3 is 6.18 Å². The Morgan fingerprint density at radius 3 is 2.79 bits per heavy atom. The summed E-state index contributed by atoms with van der Waals surface area (Å²) in [6.45, 7) is 2.54. The predicted octanol–water partition coefficient (Wildman–Crippen LogP) is 4.31. The van der Waals surface area contributed by atoms with Gasteiger partial charge in [-0.15, -0.1) is 0 Å². The minimum Gasteiger partial charge on any atom is -0.299 e. The molecule has 1 aromatic carbocycles. The van der Waals surface area contributed by atoms with Crippen molar-refractivity contribution in [3.8, 4) is 0 Å². The molecule has 106 valence electrons. The van der Waals surface area contributed by atoms with E-state index in [2.05, 4.69) is 20.8 Å². The second-order valence-electron chi connectivity index (χ2n) is 5.10. The van der Waals surface area contributed by atoms with E-state index in [-0.39, 0.29) is 0 Å². The molecule has 5 heteroatoms. The van der Waals surface area contributed by atoms with Gasteiger partial charge in [0.2, 0.25) is 0 Å². The van der Waals surface area contributed by atoms with E-state index in [1.165, 1.54) is 18.6 Å². The molecule has 1 aromatic rings. The Hall–Kier alpha value is -0.550. The molecule has 0 amide bonds. The molecule has 0 N–H and O–H groups in total. The lowest BCUT2D eigenvalue weighted by atomic mass is 9.99. The maximum atomic E-state index is 12.6. The fourth-order valence-corrected chi connectivity index (χ4v) is 3.05. The first-order valence-corrected chi connectivity index (χ1v) is 7.55. The lowest BCUT2D eigenvalue weighted by molar-refractivity contribution is -0.137. The van der Waals surface area contributed by atoms with Gasteiger partial charge in [-0.2, -0.15) is 13.2 Å². The molecule has 1 aliphatic heterocycles. The first kappa shape index (κ1) is 14.9. The van der Waals surface area contributed by atoms with Crippen molar-refractivity contribution in [3.63, 3.8) is 0 Å². The van der Waals surface area contributed by atoms with Crippen LogP contribution in [-0.4, -0.2) is 23.3 Å². The highest BCUT2D eigenvalue weighted by Crippen LogP contribution is 2.30. The number of hydrogen-bond acceptors (Lipinski definition) is 1. The molecule has 1 aliphatic rings. The SMILES string of the molecule is FC(F)(F)c1cccc(CN2CCCC(CBr)C2)c1. The Labute approximate surface area is 119 Å². The van der Waals surface area contributed by atoms with Crippen molar-refractivity contribution >= 4 is 15.9 Å². The Kier molecular flexibility index (Phi) is 4.90. The number of piperidine rings is 1. The van der Waals surface area contributed by atoms with Crippen LogP contribution in [0.4, 0.5) is 13.2 Å². The predicted molar refractivity (Wildman–Crippen MR) is 73.2 cm³/mol. The zero-order valence-electron chi connectivity index (χ0n) is 10.6. The minimum absolute atomic E-state index is 0.556. The summed E-state index contributed by atoms with van der Waals surface area (Å²) in [7, 11) is 0. The second-order valence-corrected chi connectivity index (χ2v) is 5.74. The summed E-state index contributed by atoms with van der Waals surface area (Å²) in [6.07, 6.45) is -1.93. The average molecular weight is 336 g/mol. The highest BCUT2D eigenvalue weighted by atomic mass is 79.9. The van der Waals surface area contributed by atoms with Crippen molar-refractivity contribution in [1.82, 2.24) is 4.90 Å². The van der Waals surface area contributed by atoms with Gasteiger partial charge in [-0.1, -0.05) is 34.1 Å². The van der Waals surface area contributed by atoms with E-state index >= 15 is 0 Å². The zero-order valence-corrected chi connectivity index (χ0v) is 12.2. The fraction of sp³-hybridized carbons (Fsp3) is 0.571. The van der Waals surface area contributed by atoms with E-state index in [1.807, 2.05) is 0 Å². The van der Waals surface area contributed by atoms with Crippen molar-refractivity contribution in [2.24, 2.45) is 5.92 Å². The van der Waals surface area contributed by atoms with Crippen molar-refractivity contribution in [3.05, 3.63) is 35.4 Å². The molecule has 1 fully saturated rings. The maximum Gasteiger partial charge on any atom is 0.416 e. The van der Waals surface area contributed by atoms with Crippen LogP contribution in [0.5, 0.6) is 0 Å². The monoisotopic (exact) mass is 335 g/mol. The van der Waals surface area contributed by atoms with Gasteiger partial charge < -0.3 is 0 Å². The third kappa shape index (κ3) is 4.21. The van der Waals surface area contributed by atoms with Gasteiger partial charge in [0.05, 0.1) is 5.56 Å². The van der Waals surface area contributed by atoms with Crippen LogP contribution >= 0.6 is 15.9 Å². The Balaban J connectivity index is 2.03. The van der Waals surface area contributed by atoms with E-state index in [0.717, 1.165) is 36.5 Å². The van der Waals surface area contributed by atoms with E-state index in [0.29, 0.717) is 12.5 Å².